The highest BCUT2D eigenvalue weighted by Crippen LogP contribution is 2.14. The Bertz CT molecular complexity index is 458. The van der Waals surface area contributed by atoms with Gasteiger partial charge in [-0.05, 0) is 25.5 Å². The van der Waals surface area contributed by atoms with Crippen molar-refractivity contribution in [3.63, 3.8) is 0 Å². The Hall–Kier alpha value is -1.12. The quantitative estimate of drug-likeness (QED) is 0.290. The number of rotatable bonds is 8. The summed E-state index contributed by atoms with van der Waals surface area (Å²) < 4.78 is 31.1. The molecule has 0 fully saturated rings. The van der Waals surface area contributed by atoms with Crippen LogP contribution in [0.5, 0.6) is 5.75 Å². The van der Waals surface area contributed by atoms with Gasteiger partial charge in [0.15, 0.2) is 17.6 Å². The number of hydrogen-bond donors (Lipinski definition) is 2. The minimum atomic E-state index is -0.907. The molecule has 0 amide bonds. The normalized spacial score (nSPS) is 10.8. The highest BCUT2D eigenvalue weighted by Gasteiger charge is 2.03. The number of unbranched alkanes of at least 4 members (excludes halogenated alkanes) is 1. The van der Waals surface area contributed by atoms with E-state index in [-0.39, 0.29) is 24.0 Å². The Labute approximate surface area is 147 Å². The molecule has 1 aromatic rings. The van der Waals surface area contributed by atoms with Gasteiger partial charge in [-0.1, -0.05) is 13.3 Å². The zero-order chi connectivity index (χ0) is 15.5. The highest BCUT2D eigenvalue weighted by molar-refractivity contribution is 14.0. The maximum absolute atomic E-state index is 13.0. The number of nitrogens with one attached hydrogen (secondary N) is 2. The number of halogens is 3. The first-order chi connectivity index (χ1) is 10.2. The van der Waals surface area contributed by atoms with E-state index in [1.54, 1.807) is 0 Å². The smallest absolute Gasteiger partial charge is 0.191 e. The van der Waals surface area contributed by atoms with E-state index in [0.717, 1.165) is 44.0 Å². The van der Waals surface area contributed by atoms with E-state index in [9.17, 15) is 8.78 Å². The van der Waals surface area contributed by atoms with Crippen LogP contribution in [0.3, 0.4) is 0 Å². The van der Waals surface area contributed by atoms with Crippen LogP contribution in [0.25, 0.3) is 0 Å². The lowest BCUT2D eigenvalue weighted by molar-refractivity contribution is 0.318. The first-order valence-electron chi connectivity index (χ1n) is 7.27. The van der Waals surface area contributed by atoms with Gasteiger partial charge in [-0.15, -0.1) is 24.0 Å². The average molecular weight is 427 g/mol. The number of guanidine groups is 1. The standard InChI is InChI=1S/C15H23F2N3O.HI/c1-3-5-8-19-15(18-4-2)20-9-10-21-12-6-7-13(16)14(17)11-12;/h6-7,11H,3-5,8-10H2,1-2H3,(H2,18,19,20);1H. The van der Waals surface area contributed by atoms with Crippen molar-refractivity contribution in [2.45, 2.75) is 26.7 Å². The van der Waals surface area contributed by atoms with Gasteiger partial charge in [0.1, 0.15) is 12.4 Å². The van der Waals surface area contributed by atoms with Gasteiger partial charge in [-0.25, -0.2) is 8.78 Å². The van der Waals surface area contributed by atoms with E-state index in [2.05, 4.69) is 22.5 Å². The number of aliphatic imine (C=N–C) groups is 1. The molecule has 0 aliphatic rings. The van der Waals surface area contributed by atoms with Crippen LogP contribution in [0, 0.1) is 11.6 Å². The number of benzene rings is 1. The molecule has 22 heavy (non-hydrogen) atoms. The third-order valence-corrected chi connectivity index (χ3v) is 2.68. The number of nitrogens with zero attached hydrogens (tertiary/aromatic N) is 1. The van der Waals surface area contributed by atoms with Crippen LogP contribution >= 0.6 is 24.0 Å². The second kappa shape index (κ2) is 12.4. The number of ether oxygens (including phenoxy) is 1. The molecule has 2 N–H and O–H groups in total. The largest absolute Gasteiger partial charge is 0.492 e. The van der Waals surface area contributed by atoms with Crippen LogP contribution in [-0.4, -0.2) is 32.2 Å². The van der Waals surface area contributed by atoms with Crippen molar-refractivity contribution in [2.24, 2.45) is 4.99 Å². The second-order valence-corrected chi connectivity index (χ2v) is 4.47. The molecule has 126 valence electrons. The first kappa shape index (κ1) is 20.9. The van der Waals surface area contributed by atoms with Gasteiger partial charge in [0.2, 0.25) is 0 Å². The minimum Gasteiger partial charge on any atom is -0.492 e. The van der Waals surface area contributed by atoms with Crippen LogP contribution in [0.2, 0.25) is 0 Å². The van der Waals surface area contributed by atoms with Crippen molar-refractivity contribution in [1.29, 1.82) is 0 Å². The second-order valence-electron chi connectivity index (χ2n) is 4.47. The van der Waals surface area contributed by atoms with Gasteiger partial charge in [-0.3, -0.25) is 4.99 Å². The number of hydrogen-bond acceptors (Lipinski definition) is 2. The Morgan fingerprint density at radius 2 is 1.95 bits per heavy atom. The molecular formula is C15H24F2IN3O. The molecule has 0 saturated carbocycles. The van der Waals surface area contributed by atoms with Gasteiger partial charge >= 0.3 is 0 Å². The van der Waals surface area contributed by atoms with Crippen molar-refractivity contribution >= 4 is 29.9 Å². The van der Waals surface area contributed by atoms with Crippen LogP contribution in [0.4, 0.5) is 8.78 Å². The maximum Gasteiger partial charge on any atom is 0.191 e. The van der Waals surface area contributed by atoms with Crippen molar-refractivity contribution in [3.8, 4) is 5.75 Å². The van der Waals surface area contributed by atoms with E-state index in [1.165, 1.54) is 6.07 Å². The van der Waals surface area contributed by atoms with E-state index in [4.69, 9.17) is 4.74 Å². The summed E-state index contributed by atoms with van der Waals surface area (Å²) >= 11 is 0. The molecule has 0 aliphatic carbocycles. The molecule has 0 bridgehead atoms. The van der Waals surface area contributed by atoms with E-state index in [1.807, 2.05) is 6.92 Å². The third-order valence-electron chi connectivity index (χ3n) is 2.68. The van der Waals surface area contributed by atoms with Gasteiger partial charge < -0.3 is 15.4 Å². The Morgan fingerprint density at radius 1 is 1.18 bits per heavy atom. The molecular weight excluding hydrogens is 403 g/mol. The predicted octanol–water partition coefficient (Wildman–Crippen LogP) is 3.32. The van der Waals surface area contributed by atoms with Crippen molar-refractivity contribution < 1.29 is 13.5 Å². The third kappa shape index (κ3) is 8.35. The van der Waals surface area contributed by atoms with Gasteiger partial charge in [0.25, 0.3) is 0 Å². The summed E-state index contributed by atoms with van der Waals surface area (Å²) in [5.74, 6) is -0.739. The summed E-state index contributed by atoms with van der Waals surface area (Å²) in [5.41, 5.74) is 0. The van der Waals surface area contributed by atoms with Crippen LogP contribution < -0.4 is 15.4 Å². The zero-order valence-electron chi connectivity index (χ0n) is 13.0. The van der Waals surface area contributed by atoms with Crippen molar-refractivity contribution in [2.75, 3.05) is 26.2 Å². The topological polar surface area (TPSA) is 45.7 Å². The molecule has 0 aromatic heterocycles. The summed E-state index contributed by atoms with van der Waals surface area (Å²) in [6, 6.07) is 3.49. The molecule has 4 nitrogen and oxygen atoms in total. The van der Waals surface area contributed by atoms with E-state index in [0.29, 0.717) is 18.9 Å². The fourth-order valence-electron chi connectivity index (χ4n) is 1.60. The Morgan fingerprint density at radius 3 is 2.59 bits per heavy atom. The van der Waals surface area contributed by atoms with Crippen molar-refractivity contribution in [3.05, 3.63) is 29.8 Å². The van der Waals surface area contributed by atoms with Crippen molar-refractivity contribution in [1.82, 2.24) is 10.6 Å². The summed E-state index contributed by atoms with van der Waals surface area (Å²) in [6.45, 7) is 6.53. The Kier molecular flexibility index (Phi) is 11.8. The predicted molar refractivity (Wildman–Crippen MR) is 96.2 cm³/mol. The minimum absolute atomic E-state index is 0. The molecule has 0 radical (unpaired) electrons. The van der Waals surface area contributed by atoms with Gasteiger partial charge in [0.05, 0.1) is 6.54 Å². The van der Waals surface area contributed by atoms with Crippen LogP contribution in [0.1, 0.15) is 26.7 Å². The molecule has 1 aromatic carbocycles. The molecule has 7 heteroatoms. The fourth-order valence-corrected chi connectivity index (χ4v) is 1.60. The molecule has 0 saturated heterocycles. The van der Waals surface area contributed by atoms with E-state index < -0.39 is 11.6 Å². The zero-order valence-corrected chi connectivity index (χ0v) is 15.3. The molecule has 1 rings (SSSR count). The molecule has 0 heterocycles. The highest BCUT2D eigenvalue weighted by atomic mass is 127. The summed E-state index contributed by atoms with van der Waals surface area (Å²) in [6.07, 6.45) is 2.14. The average Bonchev–Trinajstić information content (AvgIpc) is 2.47. The van der Waals surface area contributed by atoms with Crippen LogP contribution in [0.15, 0.2) is 23.2 Å². The van der Waals surface area contributed by atoms with Crippen LogP contribution in [-0.2, 0) is 0 Å². The lowest BCUT2D eigenvalue weighted by Crippen LogP contribution is -2.39. The summed E-state index contributed by atoms with van der Waals surface area (Å²) in [4.78, 5) is 4.40. The van der Waals surface area contributed by atoms with Gasteiger partial charge in [-0.2, -0.15) is 0 Å². The lowest BCUT2D eigenvalue weighted by Gasteiger charge is -2.12. The SMILES string of the molecule is CCCCN=C(NCC)NCCOc1ccc(F)c(F)c1.I. The first-order valence-corrected chi connectivity index (χ1v) is 7.27. The molecule has 0 spiro atoms. The fraction of sp³-hybridized carbons (Fsp3) is 0.533. The van der Waals surface area contributed by atoms with E-state index >= 15 is 0 Å². The Balaban J connectivity index is 0.00000441. The molecule has 0 unspecified atom stereocenters. The molecule has 0 aliphatic heterocycles. The summed E-state index contributed by atoms with van der Waals surface area (Å²) in [7, 11) is 0. The summed E-state index contributed by atoms with van der Waals surface area (Å²) in [5, 5.41) is 6.25. The maximum atomic E-state index is 13.0. The van der Waals surface area contributed by atoms with Gasteiger partial charge in [0, 0.05) is 19.2 Å². The lowest BCUT2D eigenvalue weighted by atomic mass is 10.3. The molecule has 0 atom stereocenters. The monoisotopic (exact) mass is 427 g/mol.